The number of carbonyl (C=O) groups is 3. The van der Waals surface area contributed by atoms with Gasteiger partial charge in [-0.1, -0.05) is 48.0 Å². The number of nitrogens with one attached hydrogen (secondary N) is 2. The number of aliphatic hydroxyl groups excluding tert-OH is 1. The number of piperazine rings is 1. The van der Waals surface area contributed by atoms with Crippen LogP contribution < -0.4 is 10.6 Å². The van der Waals surface area contributed by atoms with E-state index in [1.165, 1.54) is 17.0 Å². The van der Waals surface area contributed by atoms with E-state index in [2.05, 4.69) is 15.6 Å². The van der Waals surface area contributed by atoms with Crippen molar-refractivity contribution in [2.24, 2.45) is 0 Å². The minimum atomic E-state index is -0.566. The Bertz CT molecular complexity index is 1410. The lowest BCUT2D eigenvalue weighted by atomic mass is 10.00. The van der Waals surface area contributed by atoms with Crippen LogP contribution in [0, 0.1) is 5.82 Å². The summed E-state index contributed by atoms with van der Waals surface area (Å²) in [5.41, 5.74) is 1.13. The third-order valence-corrected chi connectivity index (χ3v) is 8.10. The highest BCUT2D eigenvalue weighted by Gasteiger charge is 2.26. The number of aromatic nitrogens is 1. The van der Waals surface area contributed by atoms with E-state index in [0.717, 1.165) is 10.8 Å². The summed E-state index contributed by atoms with van der Waals surface area (Å²) >= 11 is 6.04. The van der Waals surface area contributed by atoms with Gasteiger partial charge in [0.25, 0.3) is 0 Å². The fourth-order valence-corrected chi connectivity index (χ4v) is 5.34. The average Bonchev–Trinajstić information content (AvgIpc) is 3.01. The molecule has 1 fully saturated rings. The van der Waals surface area contributed by atoms with E-state index in [1.54, 1.807) is 24.2 Å². The minimum Gasteiger partial charge on any atom is -0.395 e. The molecule has 224 valence electrons. The van der Waals surface area contributed by atoms with Gasteiger partial charge < -0.3 is 25.5 Å². The molecule has 0 spiro atoms. The number of halogens is 2. The number of amides is 3. The molecule has 0 bridgehead atoms. The molecule has 0 unspecified atom stereocenters. The lowest BCUT2D eigenvalue weighted by Crippen LogP contribution is -2.54. The Labute approximate surface area is 250 Å². The topological polar surface area (TPSA) is 115 Å². The zero-order valence-corrected chi connectivity index (χ0v) is 24.4. The molecule has 3 amide bonds. The predicted molar refractivity (Wildman–Crippen MR) is 160 cm³/mol. The second kappa shape index (κ2) is 15.0. The van der Waals surface area contributed by atoms with E-state index in [4.69, 9.17) is 11.6 Å². The van der Waals surface area contributed by atoms with Gasteiger partial charge in [-0.25, -0.2) is 9.18 Å². The highest BCUT2D eigenvalue weighted by molar-refractivity contribution is 6.31. The van der Waals surface area contributed by atoms with Crippen LogP contribution in [0.2, 0.25) is 5.02 Å². The van der Waals surface area contributed by atoms with Crippen LogP contribution in [-0.2, 0) is 22.6 Å². The van der Waals surface area contributed by atoms with E-state index in [-0.39, 0.29) is 55.2 Å². The van der Waals surface area contributed by atoms with Crippen LogP contribution in [0.1, 0.15) is 36.9 Å². The molecule has 42 heavy (non-hydrogen) atoms. The minimum absolute atomic E-state index is 0.0117. The number of aliphatic hydroxyl groups is 1. The summed E-state index contributed by atoms with van der Waals surface area (Å²) < 4.78 is 13.8. The van der Waals surface area contributed by atoms with Gasteiger partial charge in [-0.15, -0.1) is 0 Å². The molecule has 2 atom stereocenters. The maximum atomic E-state index is 13.8. The number of benzene rings is 2. The van der Waals surface area contributed by atoms with Crippen molar-refractivity contribution in [2.75, 3.05) is 33.3 Å². The van der Waals surface area contributed by atoms with E-state index in [1.807, 2.05) is 30.3 Å². The monoisotopic (exact) mass is 597 g/mol. The molecule has 11 heteroatoms. The summed E-state index contributed by atoms with van der Waals surface area (Å²) in [4.78, 5) is 46.7. The van der Waals surface area contributed by atoms with Gasteiger partial charge in [0.15, 0.2) is 0 Å². The number of nitrogens with zero attached hydrogens (tertiary/aromatic N) is 3. The van der Waals surface area contributed by atoms with Gasteiger partial charge in [-0.2, -0.15) is 0 Å². The van der Waals surface area contributed by atoms with Crippen molar-refractivity contribution >= 4 is 40.1 Å². The molecule has 0 aliphatic carbocycles. The van der Waals surface area contributed by atoms with Crippen LogP contribution in [-0.4, -0.2) is 83.0 Å². The summed E-state index contributed by atoms with van der Waals surface area (Å²) in [6.07, 6.45) is 3.06. The lowest BCUT2D eigenvalue weighted by Gasteiger charge is -2.34. The van der Waals surface area contributed by atoms with Gasteiger partial charge in [-0.3, -0.25) is 14.6 Å². The van der Waals surface area contributed by atoms with Crippen molar-refractivity contribution < 1.29 is 23.9 Å². The highest BCUT2D eigenvalue weighted by Crippen LogP contribution is 2.20. The molecule has 1 saturated heterocycles. The molecule has 4 rings (SSSR count). The lowest BCUT2D eigenvalue weighted by molar-refractivity contribution is -0.132. The number of fused-ring (bicyclic) bond motifs is 1. The molecule has 0 radical (unpaired) electrons. The first kappa shape index (κ1) is 31.3. The number of ketones is 1. The average molecular weight is 598 g/mol. The standard InChI is InChI=1S/C31H37ClFN5O4/c1-37(31(42)36-18-23-7-4-8-28(33)30(23)32)26(10-12-29(41)38-14-13-34-25(19-38)20-39)9-11-27(40)16-24-15-21-5-2-3-6-22(21)17-35-24/h2-8,15,17,25-26,34,39H,9-14,16,18-20H2,1H3,(H,36,42)/t25-,26-/m1/s1. The van der Waals surface area contributed by atoms with Gasteiger partial charge in [0, 0.05) is 81.8 Å². The number of hydrogen-bond donors (Lipinski definition) is 3. The Kier molecular flexibility index (Phi) is 11.2. The van der Waals surface area contributed by atoms with Crippen molar-refractivity contribution in [3.8, 4) is 0 Å². The Hall–Kier alpha value is -3.60. The maximum absolute atomic E-state index is 13.8. The summed E-state index contributed by atoms with van der Waals surface area (Å²) in [5, 5.41) is 17.4. The van der Waals surface area contributed by atoms with Crippen molar-refractivity contribution in [3.63, 3.8) is 0 Å². The first-order valence-corrected chi connectivity index (χ1v) is 14.5. The fourth-order valence-electron chi connectivity index (χ4n) is 5.14. The number of carbonyl (C=O) groups excluding carboxylic acids is 3. The molecule has 1 aliphatic rings. The Morgan fingerprint density at radius 3 is 2.71 bits per heavy atom. The molecule has 2 aromatic carbocycles. The Morgan fingerprint density at radius 2 is 1.93 bits per heavy atom. The first-order chi connectivity index (χ1) is 20.2. The van der Waals surface area contributed by atoms with Crippen LogP contribution in [0.25, 0.3) is 10.8 Å². The van der Waals surface area contributed by atoms with E-state index >= 15 is 0 Å². The predicted octanol–water partition coefficient (Wildman–Crippen LogP) is 3.70. The maximum Gasteiger partial charge on any atom is 0.317 e. The number of rotatable bonds is 12. The smallest absolute Gasteiger partial charge is 0.317 e. The highest BCUT2D eigenvalue weighted by atomic mass is 35.5. The van der Waals surface area contributed by atoms with Crippen molar-refractivity contribution in [1.82, 2.24) is 25.4 Å². The second-order valence-corrected chi connectivity index (χ2v) is 11.0. The van der Waals surface area contributed by atoms with Crippen LogP contribution in [0.4, 0.5) is 9.18 Å². The molecule has 2 heterocycles. The molecule has 3 N–H and O–H groups in total. The third-order valence-electron chi connectivity index (χ3n) is 7.67. The van der Waals surface area contributed by atoms with E-state index in [0.29, 0.717) is 43.7 Å². The molecule has 9 nitrogen and oxygen atoms in total. The summed E-state index contributed by atoms with van der Waals surface area (Å²) in [5.74, 6) is -0.640. The van der Waals surface area contributed by atoms with Gasteiger partial charge in [0.1, 0.15) is 11.6 Å². The number of pyridine rings is 1. The van der Waals surface area contributed by atoms with Crippen LogP contribution in [0.15, 0.2) is 54.7 Å². The molecular weight excluding hydrogens is 561 g/mol. The van der Waals surface area contributed by atoms with Gasteiger partial charge >= 0.3 is 6.03 Å². The SMILES string of the molecule is CN(C(=O)NCc1cccc(F)c1Cl)[C@H](CCC(=O)Cc1cc2ccccc2cn1)CCC(=O)N1CCN[C@@H](CO)C1. The van der Waals surface area contributed by atoms with Crippen molar-refractivity contribution in [2.45, 2.75) is 50.7 Å². The third kappa shape index (κ3) is 8.47. The quantitative estimate of drug-likeness (QED) is 0.293. The normalized spacial score (nSPS) is 15.8. The summed E-state index contributed by atoms with van der Waals surface area (Å²) in [6.45, 7) is 1.53. The molecule has 3 aromatic rings. The largest absolute Gasteiger partial charge is 0.395 e. The molecule has 1 aliphatic heterocycles. The number of Topliss-reactive ketones (excluding diaryl/α,β-unsaturated/α-hetero) is 1. The Morgan fingerprint density at radius 1 is 1.17 bits per heavy atom. The van der Waals surface area contributed by atoms with Gasteiger partial charge in [0.05, 0.1) is 11.6 Å². The van der Waals surface area contributed by atoms with Gasteiger partial charge in [0.2, 0.25) is 5.91 Å². The zero-order chi connectivity index (χ0) is 30.1. The summed E-state index contributed by atoms with van der Waals surface area (Å²) in [7, 11) is 1.62. The number of hydrogen-bond acceptors (Lipinski definition) is 6. The first-order valence-electron chi connectivity index (χ1n) is 14.2. The van der Waals surface area contributed by atoms with Crippen LogP contribution >= 0.6 is 11.6 Å². The van der Waals surface area contributed by atoms with Crippen LogP contribution in [0.3, 0.4) is 0 Å². The molecule has 0 saturated carbocycles. The van der Waals surface area contributed by atoms with Crippen molar-refractivity contribution in [1.29, 1.82) is 0 Å². The second-order valence-electron chi connectivity index (χ2n) is 10.6. The van der Waals surface area contributed by atoms with E-state index in [9.17, 15) is 23.9 Å². The molecule has 1 aromatic heterocycles. The molecular formula is C31H37ClFN5O4. The zero-order valence-electron chi connectivity index (χ0n) is 23.7. The fraction of sp³-hybridized carbons (Fsp3) is 0.419. The van der Waals surface area contributed by atoms with Crippen LogP contribution in [0.5, 0.6) is 0 Å². The van der Waals surface area contributed by atoms with Crippen molar-refractivity contribution in [3.05, 3.63) is 76.8 Å². The van der Waals surface area contributed by atoms with E-state index < -0.39 is 17.9 Å². The van der Waals surface area contributed by atoms with Gasteiger partial charge in [-0.05, 0) is 35.9 Å². The summed E-state index contributed by atoms with van der Waals surface area (Å²) in [6, 6.07) is 13.1. The number of urea groups is 1. The Balaban J connectivity index is 1.38.